The molecule has 0 fully saturated rings. The van der Waals surface area contributed by atoms with E-state index in [9.17, 15) is 4.79 Å². The Labute approximate surface area is 194 Å². The zero-order valence-electron chi connectivity index (χ0n) is 18.9. The van der Waals surface area contributed by atoms with Gasteiger partial charge in [-0.1, -0.05) is 43.6 Å². The molecule has 0 saturated carbocycles. The molecule has 1 amide bonds. The lowest BCUT2D eigenvalue weighted by atomic mass is 9.90. The van der Waals surface area contributed by atoms with Gasteiger partial charge in [-0.15, -0.1) is 0 Å². The van der Waals surface area contributed by atoms with Crippen molar-refractivity contribution in [2.75, 3.05) is 19.6 Å². The van der Waals surface area contributed by atoms with Crippen LogP contribution in [0.1, 0.15) is 54.9 Å². The fourth-order valence-electron chi connectivity index (χ4n) is 4.25. The van der Waals surface area contributed by atoms with Crippen LogP contribution in [0.25, 0.3) is 5.65 Å². The second-order valence-electron chi connectivity index (χ2n) is 8.81. The van der Waals surface area contributed by atoms with Gasteiger partial charge in [-0.05, 0) is 49.1 Å². The Kier molecular flexibility index (Phi) is 6.80. The van der Waals surface area contributed by atoms with Crippen molar-refractivity contribution in [1.82, 2.24) is 19.6 Å². The first-order valence-corrected chi connectivity index (χ1v) is 11.5. The fraction of sp³-hybridized carbons (Fsp3) is 0.400. The standard InChI is InChI=1S/C25H30ClN5O/c1-17(2)13-20(19-7-9-21(26)10-8-19)14-28-25(32)23-5-4-6-24-29-22(16-31(23)24)15-30-12-11-27-18(30)3/h4-10,16-17,20H,11-15H2,1-3H3,(H,28,32). The number of amidine groups is 1. The van der Waals surface area contributed by atoms with Crippen molar-refractivity contribution in [2.45, 2.75) is 39.7 Å². The number of imidazole rings is 1. The number of halogens is 1. The third-order valence-corrected chi connectivity index (χ3v) is 6.15. The number of aliphatic imine (C=N–C) groups is 1. The lowest BCUT2D eigenvalue weighted by Gasteiger charge is -2.20. The zero-order valence-corrected chi connectivity index (χ0v) is 19.6. The van der Waals surface area contributed by atoms with E-state index in [1.54, 1.807) is 0 Å². The second kappa shape index (κ2) is 9.74. The van der Waals surface area contributed by atoms with Gasteiger partial charge in [0.15, 0.2) is 0 Å². The molecule has 1 aromatic carbocycles. The van der Waals surface area contributed by atoms with E-state index in [-0.39, 0.29) is 11.8 Å². The number of carbonyl (C=O) groups is 1. The van der Waals surface area contributed by atoms with Gasteiger partial charge in [-0.25, -0.2) is 4.98 Å². The Bertz CT molecular complexity index is 1120. The molecule has 0 bridgehead atoms. The fourth-order valence-corrected chi connectivity index (χ4v) is 4.38. The number of nitrogens with one attached hydrogen (secondary N) is 1. The molecule has 1 aliphatic heterocycles. The minimum absolute atomic E-state index is 0.0961. The summed E-state index contributed by atoms with van der Waals surface area (Å²) in [4.78, 5) is 24.5. The number of hydrogen-bond donors (Lipinski definition) is 1. The van der Waals surface area contributed by atoms with Crippen LogP contribution in [0.3, 0.4) is 0 Å². The molecular formula is C25H30ClN5O. The highest BCUT2D eigenvalue weighted by atomic mass is 35.5. The van der Waals surface area contributed by atoms with E-state index in [2.05, 4.69) is 29.1 Å². The van der Waals surface area contributed by atoms with Crippen LogP contribution in [0.2, 0.25) is 5.02 Å². The molecule has 168 valence electrons. The zero-order chi connectivity index (χ0) is 22.7. The maximum Gasteiger partial charge on any atom is 0.268 e. The van der Waals surface area contributed by atoms with Crippen LogP contribution in [-0.2, 0) is 6.54 Å². The number of rotatable bonds is 8. The van der Waals surface area contributed by atoms with Gasteiger partial charge in [-0.2, -0.15) is 0 Å². The van der Waals surface area contributed by atoms with Crippen LogP contribution in [0.4, 0.5) is 0 Å². The monoisotopic (exact) mass is 451 g/mol. The molecule has 0 spiro atoms. The lowest BCUT2D eigenvalue weighted by Crippen LogP contribution is -2.30. The molecular weight excluding hydrogens is 422 g/mol. The molecule has 1 unspecified atom stereocenters. The predicted molar refractivity (Wildman–Crippen MR) is 130 cm³/mol. The van der Waals surface area contributed by atoms with Crippen molar-refractivity contribution in [3.05, 3.63) is 70.6 Å². The molecule has 3 heterocycles. The third kappa shape index (κ3) is 5.13. The number of benzene rings is 1. The van der Waals surface area contributed by atoms with Crippen molar-refractivity contribution >= 4 is 29.0 Å². The molecule has 1 N–H and O–H groups in total. The topological polar surface area (TPSA) is 62.0 Å². The number of pyridine rings is 1. The predicted octanol–water partition coefficient (Wildman–Crippen LogP) is 4.78. The van der Waals surface area contributed by atoms with Crippen LogP contribution in [0.15, 0.2) is 53.7 Å². The Morgan fingerprint density at radius 2 is 1.97 bits per heavy atom. The quantitative estimate of drug-likeness (QED) is 0.536. The Hall–Kier alpha value is -2.86. The van der Waals surface area contributed by atoms with E-state index in [0.29, 0.717) is 24.7 Å². The summed E-state index contributed by atoms with van der Waals surface area (Å²) in [5, 5.41) is 3.87. The highest BCUT2D eigenvalue weighted by Gasteiger charge is 2.19. The number of nitrogens with zero attached hydrogens (tertiary/aromatic N) is 4. The van der Waals surface area contributed by atoms with Crippen molar-refractivity contribution < 1.29 is 4.79 Å². The summed E-state index contributed by atoms with van der Waals surface area (Å²) in [6, 6.07) is 13.6. The molecule has 32 heavy (non-hydrogen) atoms. The molecule has 7 heteroatoms. The van der Waals surface area contributed by atoms with Gasteiger partial charge in [-0.3, -0.25) is 14.2 Å². The van der Waals surface area contributed by atoms with Crippen LogP contribution < -0.4 is 5.32 Å². The minimum Gasteiger partial charge on any atom is -0.353 e. The highest BCUT2D eigenvalue weighted by Crippen LogP contribution is 2.25. The number of fused-ring (bicyclic) bond motifs is 1. The average molecular weight is 452 g/mol. The average Bonchev–Trinajstić information content (AvgIpc) is 3.36. The Morgan fingerprint density at radius 3 is 2.66 bits per heavy atom. The smallest absolute Gasteiger partial charge is 0.268 e. The van der Waals surface area contributed by atoms with Crippen LogP contribution in [0.5, 0.6) is 0 Å². The summed E-state index contributed by atoms with van der Waals surface area (Å²) in [7, 11) is 0. The first-order valence-electron chi connectivity index (χ1n) is 11.2. The van der Waals surface area contributed by atoms with Gasteiger partial charge in [0, 0.05) is 30.2 Å². The summed E-state index contributed by atoms with van der Waals surface area (Å²) in [5.74, 6) is 1.69. The number of hydrogen-bond acceptors (Lipinski definition) is 4. The van der Waals surface area contributed by atoms with Crippen molar-refractivity contribution in [3.8, 4) is 0 Å². The lowest BCUT2D eigenvalue weighted by molar-refractivity contribution is 0.0943. The van der Waals surface area contributed by atoms with Crippen LogP contribution >= 0.6 is 11.6 Å². The summed E-state index contributed by atoms with van der Waals surface area (Å²) in [6.07, 6.45) is 2.94. The van der Waals surface area contributed by atoms with Crippen molar-refractivity contribution in [1.29, 1.82) is 0 Å². The van der Waals surface area contributed by atoms with Crippen LogP contribution in [-0.4, -0.2) is 45.7 Å². The molecule has 0 radical (unpaired) electrons. The van der Waals surface area contributed by atoms with Crippen LogP contribution in [0, 0.1) is 5.92 Å². The molecule has 3 aromatic rings. The minimum atomic E-state index is -0.0961. The van der Waals surface area contributed by atoms with Crippen molar-refractivity contribution in [2.24, 2.45) is 10.9 Å². The Morgan fingerprint density at radius 1 is 1.19 bits per heavy atom. The van der Waals surface area contributed by atoms with Gasteiger partial charge in [0.25, 0.3) is 5.91 Å². The van der Waals surface area contributed by atoms with Gasteiger partial charge in [0.2, 0.25) is 0 Å². The highest BCUT2D eigenvalue weighted by molar-refractivity contribution is 6.30. The molecule has 2 aromatic heterocycles. The molecule has 0 saturated heterocycles. The summed E-state index contributed by atoms with van der Waals surface area (Å²) in [6.45, 7) is 9.44. The molecule has 0 aliphatic carbocycles. The summed E-state index contributed by atoms with van der Waals surface area (Å²) >= 11 is 6.06. The summed E-state index contributed by atoms with van der Waals surface area (Å²) in [5.41, 5.74) is 3.49. The largest absolute Gasteiger partial charge is 0.353 e. The normalized spacial score (nSPS) is 14.8. The van der Waals surface area contributed by atoms with E-state index < -0.39 is 0 Å². The molecule has 6 nitrogen and oxygen atoms in total. The summed E-state index contributed by atoms with van der Waals surface area (Å²) < 4.78 is 1.88. The second-order valence-corrected chi connectivity index (χ2v) is 9.25. The first-order chi connectivity index (χ1) is 15.4. The van der Waals surface area contributed by atoms with Gasteiger partial charge in [0.1, 0.15) is 11.3 Å². The van der Waals surface area contributed by atoms with Gasteiger partial charge >= 0.3 is 0 Å². The van der Waals surface area contributed by atoms with E-state index >= 15 is 0 Å². The maximum atomic E-state index is 13.1. The van der Waals surface area contributed by atoms with Gasteiger partial charge in [0.05, 0.1) is 24.6 Å². The Balaban J connectivity index is 1.49. The van der Waals surface area contributed by atoms with E-state index in [0.717, 1.165) is 41.7 Å². The van der Waals surface area contributed by atoms with E-state index in [1.165, 1.54) is 5.56 Å². The van der Waals surface area contributed by atoms with Gasteiger partial charge < -0.3 is 10.2 Å². The first kappa shape index (κ1) is 22.3. The van der Waals surface area contributed by atoms with Crippen molar-refractivity contribution in [3.63, 3.8) is 0 Å². The van der Waals surface area contributed by atoms with E-state index in [4.69, 9.17) is 16.6 Å². The molecule has 1 atom stereocenters. The molecule has 1 aliphatic rings. The number of aromatic nitrogens is 2. The number of carbonyl (C=O) groups excluding carboxylic acids is 1. The van der Waals surface area contributed by atoms with E-state index in [1.807, 2.05) is 60.0 Å². The SMILES string of the molecule is CC1=NCCN1Cc1cn2c(C(=O)NCC(CC(C)C)c3ccc(Cl)cc3)cccc2n1. The number of amides is 1. The third-order valence-electron chi connectivity index (χ3n) is 5.90. The maximum absolute atomic E-state index is 13.1. The molecule has 4 rings (SSSR count).